The minimum atomic E-state index is 0.958. The number of unbranched alkanes of at least 4 members (excludes halogenated alkanes) is 24. The third kappa shape index (κ3) is 32.1. The van der Waals surface area contributed by atoms with Gasteiger partial charge in [0, 0.05) is 0 Å². The summed E-state index contributed by atoms with van der Waals surface area (Å²) in [4.78, 5) is 2.59. The van der Waals surface area contributed by atoms with E-state index in [9.17, 15) is 0 Å². The van der Waals surface area contributed by atoms with Gasteiger partial charge in [-0.3, -0.25) is 0 Å². The molecule has 1 unspecified atom stereocenters. The first kappa shape index (κ1) is 37.0. The van der Waals surface area contributed by atoms with E-state index >= 15 is 0 Å². The Morgan fingerprint density at radius 2 is 0.595 bits per heavy atom. The molecule has 0 aromatic carbocycles. The van der Waals surface area contributed by atoms with Crippen molar-refractivity contribution < 1.29 is 0 Å². The average Bonchev–Trinajstić information content (AvgIpc) is 2.89. The van der Waals surface area contributed by atoms with E-state index in [2.05, 4.69) is 32.7 Å². The smallest absolute Gasteiger partial charge is 0.00218 e. The molecular formula is C36H75N. The Hall–Kier alpha value is -0.0400. The highest BCUT2D eigenvalue weighted by atomic mass is 15.1. The maximum absolute atomic E-state index is 2.59. The molecule has 0 radical (unpaired) electrons. The monoisotopic (exact) mass is 522 g/mol. The lowest BCUT2D eigenvalue weighted by Crippen LogP contribution is -2.20. The Morgan fingerprint density at radius 1 is 0.351 bits per heavy atom. The first-order chi connectivity index (χ1) is 18.2. The van der Waals surface area contributed by atoms with Gasteiger partial charge in [-0.2, -0.15) is 0 Å². The Kier molecular flexibility index (Phi) is 32.1. The van der Waals surface area contributed by atoms with Crippen LogP contribution in [0.3, 0.4) is 0 Å². The highest BCUT2D eigenvalue weighted by molar-refractivity contribution is 4.57. The summed E-state index contributed by atoms with van der Waals surface area (Å²) in [5.41, 5.74) is 0. The summed E-state index contributed by atoms with van der Waals surface area (Å²) in [6.07, 6.45) is 42.2. The molecule has 0 saturated heterocycles. The first-order valence-corrected chi connectivity index (χ1v) is 17.9. The first-order valence-electron chi connectivity index (χ1n) is 17.9. The predicted octanol–water partition coefficient (Wildman–Crippen LogP) is 12.9. The molecule has 0 rings (SSSR count). The summed E-state index contributed by atoms with van der Waals surface area (Å²) < 4.78 is 0. The SMILES string of the molecule is CCCCCCCCCCCCCCCCCN(C)CCCCCCCCC(C)CCCCCCCC. The molecule has 0 N–H and O–H groups in total. The summed E-state index contributed by atoms with van der Waals surface area (Å²) >= 11 is 0. The lowest BCUT2D eigenvalue weighted by atomic mass is 9.96. The van der Waals surface area contributed by atoms with Gasteiger partial charge in [-0.1, -0.05) is 194 Å². The van der Waals surface area contributed by atoms with E-state index in [0.29, 0.717) is 0 Å². The molecule has 0 heterocycles. The van der Waals surface area contributed by atoms with Crippen molar-refractivity contribution in [2.45, 2.75) is 207 Å². The van der Waals surface area contributed by atoms with Gasteiger partial charge in [0.2, 0.25) is 0 Å². The summed E-state index contributed by atoms with van der Waals surface area (Å²) in [6.45, 7) is 9.73. The molecule has 0 aliphatic rings. The summed E-state index contributed by atoms with van der Waals surface area (Å²) in [7, 11) is 2.34. The second kappa shape index (κ2) is 32.2. The zero-order valence-corrected chi connectivity index (χ0v) is 26.9. The normalized spacial score (nSPS) is 12.6. The van der Waals surface area contributed by atoms with E-state index in [1.54, 1.807) is 0 Å². The van der Waals surface area contributed by atoms with E-state index in [4.69, 9.17) is 0 Å². The standard InChI is InChI=1S/C36H75N/c1-5-7-9-11-13-14-15-16-17-18-19-20-22-26-30-34-37(4)35-31-27-23-21-25-29-33-36(3)32-28-24-12-10-8-6-2/h36H,5-35H2,1-4H3. The lowest BCUT2D eigenvalue weighted by molar-refractivity contribution is 0.314. The Balaban J connectivity index is 3.22. The molecule has 0 spiro atoms. The van der Waals surface area contributed by atoms with E-state index in [-0.39, 0.29) is 0 Å². The van der Waals surface area contributed by atoms with Crippen molar-refractivity contribution in [2.24, 2.45) is 5.92 Å². The van der Waals surface area contributed by atoms with Gasteiger partial charge in [0.05, 0.1) is 0 Å². The molecule has 1 heteroatoms. The van der Waals surface area contributed by atoms with Crippen LogP contribution < -0.4 is 0 Å². The van der Waals surface area contributed by atoms with Crippen LogP contribution >= 0.6 is 0 Å². The number of rotatable bonds is 32. The van der Waals surface area contributed by atoms with Gasteiger partial charge in [-0.25, -0.2) is 0 Å². The predicted molar refractivity (Wildman–Crippen MR) is 172 cm³/mol. The van der Waals surface area contributed by atoms with Crippen molar-refractivity contribution in [1.29, 1.82) is 0 Å². The van der Waals surface area contributed by atoms with E-state index in [1.165, 1.54) is 199 Å². The molecule has 1 atom stereocenters. The third-order valence-electron chi connectivity index (χ3n) is 8.68. The molecule has 1 nitrogen and oxygen atoms in total. The highest BCUT2D eigenvalue weighted by Gasteiger charge is 2.03. The Labute approximate surface area is 237 Å². The van der Waals surface area contributed by atoms with Crippen LogP contribution in [0.5, 0.6) is 0 Å². The third-order valence-corrected chi connectivity index (χ3v) is 8.68. The number of nitrogens with zero attached hydrogens (tertiary/aromatic N) is 1. The summed E-state index contributed by atoms with van der Waals surface area (Å²) in [5.74, 6) is 0.958. The van der Waals surface area contributed by atoms with Gasteiger partial charge < -0.3 is 4.90 Å². The lowest BCUT2D eigenvalue weighted by Gasteiger charge is -2.16. The van der Waals surface area contributed by atoms with Crippen molar-refractivity contribution in [3.8, 4) is 0 Å². The van der Waals surface area contributed by atoms with Crippen molar-refractivity contribution in [3.63, 3.8) is 0 Å². The summed E-state index contributed by atoms with van der Waals surface area (Å²) in [6, 6.07) is 0. The van der Waals surface area contributed by atoms with Crippen molar-refractivity contribution in [1.82, 2.24) is 4.90 Å². The molecule has 0 fully saturated rings. The average molecular weight is 522 g/mol. The molecule has 224 valence electrons. The van der Waals surface area contributed by atoms with Crippen molar-refractivity contribution in [2.75, 3.05) is 20.1 Å². The van der Waals surface area contributed by atoms with Gasteiger partial charge in [-0.15, -0.1) is 0 Å². The maximum atomic E-state index is 2.59. The van der Waals surface area contributed by atoms with E-state index < -0.39 is 0 Å². The molecule has 0 bridgehead atoms. The largest absolute Gasteiger partial charge is 0.306 e. The molecule has 0 aliphatic heterocycles. The summed E-state index contributed by atoms with van der Waals surface area (Å²) in [5, 5.41) is 0. The molecule has 0 aromatic rings. The van der Waals surface area contributed by atoms with Crippen LogP contribution in [0.25, 0.3) is 0 Å². The molecular weight excluding hydrogens is 446 g/mol. The van der Waals surface area contributed by atoms with Gasteiger partial charge in [0.15, 0.2) is 0 Å². The quantitative estimate of drug-likeness (QED) is 0.0795. The second-order valence-corrected chi connectivity index (χ2v) is 12.8. The van der Waals surface area contributed by atoms with Crippen LogP contribution in [-0.4, -0.2) is 25.0 Å². The fourth-order valence-electron chi connectivity index (χ4n) is 5.86. The molecule has 0 aliphatic carbocycles. The van der Waals surface area contributed by atoms with Crippen molar-refractivity contribution in [3.05, 3.63) is 0 Å². The van der Waals surface area contributed by atoms with E-state index in [1.807, 2.05) is 0 Å². The highest BCUT2D eigenvalue weighted by Crippen LogP contribution is 2.19. The Bertz CT molecular complexity index is 392. The van der Waals surface area contributed by atoms with Crippen LogP contribution in [0.2, 0.25) is 0 Å². The van der Waals surface area contributed by atoms with Crippen LogP contribution in [0.1, 0.15) is 207 Å². The van der Waals surface area contributed by atoms with Gasteiger partial charge in [-0.05, 0) is 38.9 Å². The zero-order valence-electron chi connectivity index (χ0n) is 26.9. The second-order valence-electron chi connectivity index (χ2n) is 12.8. The molecule has 0 saturated carbocycles. The van der Waals surface area contributed by atoms with Gasteiger partial charge in [0.1, 0.15) is 0 Å². The van der Waals surface area contributed by atoms with Crippen LogP contribution in [0, 0.1) is 5.92 Å². The van der Waals surface area contributed by atoms with E-state index in [0.717, 1.165) is 5.92 Å². The van der Waals surface area contributed by atoms with Gasteiger partial charge in [0.25, 0.3) is 0 Å². The Morgan fingerprint density at radius 3 is 0.892 bits per heavy atom. The number of hydrogen-bond donors (Lipinski definition) is 0. The zero-order chi connectivity index (χ0) is 27.1. The maximum Gasteiger partial charge on any atom is -0.00218 e. The van der Waals surface area contributed by atoms with Crippen LogP contribution in [0.15, 0.2) is 0 Å². The molecule has 0 amide bonds. The molecule has 0 aromatic heterocycles. The van der Waals surface area contributed by atoms with Crippen LogP contribution in [-0.2, 0) is 0 Å². The minimum Gasteiger partial charge on any atom is -0.306 e. The molecule has 37 heavy (non-hydrogen) atoms. The van der Waals surface area contributed by atoms with Gasteiger partial charge >= 0.3 is 0 Å². The van der Waals surface area contributed by atoms with Crippen LogP contribution in [0.4, 0.5) is 0 Å². The fourth-order valence-corrected chi connectivity index (χ4v) is 5.86. The minimum absolute atomic E-state index is 0.958. The van der Waals surface area contributed by atoms with Crippen molar-refractivity contribution >= 4 is 0 Å². The topological polar surface area (TPSA) is 3.24 Å². The number of hydrogen-bond acceptors (Lipinski definition) is 1. The fraction of sp³-hybridized carbons (Fsp3) is 1.00.